The molecule has 0 saturated carbocycles. The summed E-state index contributed by atoms with van der Waals surface area (Å²) in [6.45, 7) is 5.15. The van der Waals surface area contributed by atoms with Gasteiger partial charge in [-0.2, -0.15) is 5.10 Å². The average molecular weight is 306 g/mol. The second kappa shape index (κ2) is 7.96. The molecule has 0 bridgehead atoms. The maximum Gasteiger partial charge on any atom is 0.139 e. The highest BCUT2D eigenvalue weighted by molar-refractivity contribution is 6.31. The number of halogens is 2. The molecule has 0 amide bonds. The van der Waals surface area contributed by atoms with Crippen LogP contribution in [-0.4, -0.2) is 35.7 Å². The zero-order valence-electron chi connectivity index (χ0n) is 12.6. The van der Waals surface area contributed by atoms with E-state index in [1.54, 1.807) is 4.68 Å². The number of alkyl halides is 1. The zero-order valence-corrected chi connectivity index (χ0v) is 13.3. The molecular formula is C14H25ClFN3O. The highest BCUT2D eigenvalue weighted by Crippen LogP contribution is 2.30. The first-order valence-corrected chi connectivity index (χ1v) is 7.51. The lowest BCUT2D eigenvalue weighted by atomic mass is 9.94. The fraction of sp³-hybridized carbons (Fsp3) is 0.786. The van der Waals surface area contributed by atoms with Gasteiger partial charge in [0.25, 0.3) is 0 Å². The number of ether oxygens (including phenoxy) is 1. The molecule has 6 heteroatoms. The Morgan fingerprint density at radius 1 is 1.45 bits per heavy atom. The summed E-state index contributed by atoms with van der Waals surface area (Å²) in [4.78, 5) is 0. The van der Waals surface area contributed by atoms with Crippen LogP contribution in [0.4, 0.5) is 4.39 Å². The Morgan fingerprint density at radius 2 is 2.15 bits per heavy atom. The van der Waals surface area contributed by atoms with E-state index in [4.69, 9.17) is 22.1 Å². The lowest BCUT2D eigenvalue weighted by molar-refractivity contribution is 0.0320. The molecule has 0 saturated heterocycles. The number of aryl methyl sites for hydroxylation is 2. The normalized spacial score (nSPS) is 14.5. The van der Waals surface area contributed by atoms with E-state index in [0.29, 0.717) is 31.0 Å². The van der Waals surface area contributed by atoms with Crippen molar-refractivity contribution in [3.05, 3.63) is 16.4 Å². The number of hydrogen-bond acceptors (Lipinski definition) is 3. The van der Waals surface area contributed by atoms with Crippen LogP contribution < -0.4 is 5.73 Å². The van der Waals surface area contributed by atoms with Gasteiger partial charge in [0.05, 0.1) is 23.0 Å². The second-order valence-corrected chi connectivity index (χ2v) is 5.41. The quantitative estimate of drug-likeness (QED) is 0.763. The predicted molar refractivity (Wildman–Crippen MR) is 80.0 cm³/mol. The van der Waals surface area contributed by atoms with Gasteiger partial charge >= 0.3 is 0 Å². The van der Waals surface area contributed by atoms with Crippen molar-refractivity contribution in [1.29, 1.82) is 0 Å². The molecule has 4 nitrogen and oxygen atoms in total. The molecule has 0 spiro atoms. The molecular weight excluding hydrogens is 281 g/mol. The third-order valence-electron chi connectivity index (χ3n) is 3.41. The van der Waals surface area contributed by atoms with Crippen molar-refractivity contribution in [2.24, 2.45) is 5.73 Å². The summed E-state index contributed by atoms with van der Waals surface area (Å²) in [5, 5.41) is 5.01. The molecule has 0 fully saturated rings. The van der Waals surface area contributed by atoms with E-state index in [0.717, 1.165) is 17.8 Å². The summed E-state index contributed by atoms with van der Waals surface area (Å²) in [6, 6.07) is 0. The van der Waals surface area contributed by atoms with E-state index in [1.165, 1.54) is 7.11 Å². The second-order valence-electron chi connectivity index (χ2n) is 5.03. The fourth-order valence-electron chi connectivity index (χ4n) is 2.38. The van der Waals surface area contributed by atoms with Gasteiger partial charge in [-0.15, -0.1) is 0 Å². The van der Waals surface area contributed by atoms with Gasteiger partial charge in [-0.05, 0) is 32.7 Å². The van der Waals surface area contributed by atoms with Crippen molar-refractivity contribution < 1.29 is 9.13 Å². The first-order chi connectivity index (χ1) is 9.51. The highest BCUT2D eigenvalue weighted by atomic mass is 35.5. The molecule has 1 rings (SSSR count). The number of nitrogens with two attached hydrogens (primary N) is 1. The molecule has 1 aromatic rings. The summed E-state index contributed by atoms with van der Waals surface area (Å²) < 4.78 is 21.8. The molecule has 2 N–H and O–H groups in total. The SMILES string of the molecule is CCc1nn(CC)c(CC(F)(CCCN)COC)c1Cl. The third kappa shape index (κ3) is 4.17. The maximum atomic E-state index is 15.0. The summed E-state index contributed by atoms with van der Waals surface area (Å²) in [7, 11) is 1.51. The smallest absolute Gasteiger partial charge is 0.139 e. The Hall–Kier alpha value is -0.650. The Kier molecular flexibility index (Phi) is 6.92. The van der Waals surface area contributed by atoms with Crippen molar-refractivity contribution in [3.8, 4) is 0 Å². The fourth-order valence-corrected chi connectivity index (χ4v) is 2.71. The van der Waals surface area contributed by atoms with Crippen LogP contribution >= 0.6 is 11.6 Å². The third-order valence-corrected chi connectivity index (χ3v) is 3.85. The Bertz CT molecular complexity index is 425. The molecule has 0 radical (unpaired) electrons. The van der Waals surface area contributed by atoms with Crippen LogP contribution in [0.15, 0.2) is 0 Å². The summed E-state index contributed by atoms with van der Waals surface area (Å²) in [5.74, 6) is 0. The zero-order chi connectivity index (χ0) is 15.2. The minimum atomic E-state index is -1.45. The first kappa shape index (κ1) is 17.4. The van der Waals surface area contributed by atoms with Crippen LogP contribution in [-0.2, 0) is 24.1 Å². The van der Waals surface area contributed by atoms with Crippen molar-refractivity contribution in [2.45, 2.75) is 51.7 Å². The van der Waals surface area contributed by atoms with Gasteiger partial charge in [-0.3, -0.25) is 4.68 Å². The van der Waals surface area contributed by atoms with Gasteiger partial charge in [0.1, 0.15) is 5.67 Å². The Labute approximate surface area is 125 Å². The largest absolute Gasteiger partial charge is 0.381 e. The lowest BCUT2D eigenvalue weighted by Crippen LogP contribution is -2.33. The molecule has 116 valence electrons. The van der Waals surface area contributed by atoms with Crippen LogP contribution in [0.1, 0.15) is 38.1 Å². The van der Waals surface area contributed by atoms with E-state index < -0.39 is 5.67 Å². The summed E-state index contributed by atoms with van der Waals surface area (Å²) in [6.07, 6.45) is 1.94. The van der Waals surface area contributed by atoms with Gasteiger partial charge in [0.15, 0.2) is 0 Å². The van der Waals surface area contributed by atoms with Gasteiger partial charge in [0.2, 0.25) is 0 Å². The highest BCUT2D eigenvalue weighted by Gasteiger charge is 2.32. The monoisotopic (exact) mass is 305 g/mol. The first-order valence-electron chi connectivity index (χ1n) is 7.13. The topological polar surface area (TPSA) is 53.1 Å². The average Bonchev–Trinajstić information content (AvgIpc) is 2.73. The number of aromatic nitrogens is 2. The van der Waals surface area contributed by atoms with Gasteiger partial charge in [0, 0.05) is 20.1 Å². The van der Waals surface area contributed by atoms with E-state index in [2.05, 4.69) is 5.10 Å². The van der Waals surface area contributed by atoms with Crippen molar-refractivity contribution in [2.75, 3.05) is 20.3 Å². The summed E-state index contributed by atoms with van der Waals surface area (Å²) >= 11 is 6.33. The Morgan fingerprint density at radius 3 is 2.65 bits per heavy atom. The molecule has 1 aromatic heterocycles. The van der Waals surface area contributed by atoms with Crippen LogP contribution in [0.3, 0.4) is 0 Å². The molecule has 0 aliphatic heterocycles. The van der Waals surface area contributed by atoms with Crippen LogP contribution in [0.5, 0.6) is 0 Å². The molecule has 1 heterocycles. The van der Waals surface area contributed by atoms with Crippen LogP contribution in [0, 0.1) is 0 Å². The van der Waals surface area contributed by atoms with Gasteiger partial charge in [-0.1, -0.05) is 18.5 Å². The Balaban J connectivity index is 3.00. The van der Waals surface area contributed by atoms with Crippen molar-refractivity contribution >= 4 is 11.6 Å². The van der Waals surface area contributed by atoms with E-state index in [9.17, 15) is 4.39 Å². The van der Waals surface area contributed by atoms with Gasteiger partial charge in [-0.25, -0.2) is 4.39 Å². The molecule has 0 aliphatic rings. The van der Waals surface area contributed by atoms with Crippen LogP contribution in [0.25, 0.3) is 0 Å². The van der Waals surface area contributed by atoms with Crippen molar-refractivity contribution in [1.82, 2.24) is 9.78 Å². The molecule has 1 atom stereocenters. The number of hydrogen-bond donors (Lipinski definition) is 1. The molecule has 1 unspecified atom stereocenters. The van der Waals surface area contributed by atoms with E-state index in [1.807, 2.05) is 13.8 Å². The van der Waals surface area contributed by atoms with E-state index in [-0.39, 0.29) is 13.0 Å². The molecule has 20 heavy (non-hydrogen) atoms. The number of nitrogens with zero attached hydrogens (tertiary/aromatic N) is 2. The lowest BCUT2D eigenvalue weighted by Gasteiger charge is -2.25. The van der Waals surface area contributed by atoms with Crippen LogP contribution in [0.2, 0.25) is 5.02 Å². The minimum absolute atomic E-state index is 0.0414. The maximum absolute atomic E-state index is 15.0. The number of rotatable bonds is 9. The van der Waals surface area contributed by atoms with Crippen molar-refractivity contribution in [3.63, 3.8) is 0 Å². The molecule has 0 aromatic carbocycles. The summed E-state index contributed by atoms with van der Waals surface area (Å²) in [5.41, 5.74) is 5.61. The molecule has 0 aliphatic carbocycles. The number of methoxy groups -OCH3 is 1. The van der Waals surface area contributed by atoms with Gasteiger partial charge < -0.3 is 10.5 Å². The van der Waals surface area contributed by atoms with E-state index >= 15 is 0 Å². The standard InChI is InChI=1S/C14H25ClFN3O/c1-4-11-13(15)12(19(5-2)18-11)9-14(16,10-20-3)7-6-8-17/h4-10,17H2,1-3H3. The predicted octanol–water partition coefficient (Wildman–Crippen LogP) is 2.75. The minimum Gasteiger partial charge on any atom is -0.381 e.